The molecule has 12 heavy (non-hydrogen) atoms. The summed E-state index contributed by atoms with van der Waals surface area (Å²) in [4.78, 5) is 10.4. The minimum Gasteiger partial charge on any atom is -0.298 e. The third kappa shape index (κ3) is 0.887. The number of rotatable bonds is 1. The first-order chi connectivity index (χ1) is 5.81. The van der Waals surface area contributed by atoms with Crippen molar-refractivity contribution in [2.24, 2.45) is 0 Å². The van der Waals surface area contributed by atoms with Crippen LogP contribution in [0.2, 0.25) is 0 Å². The highest BCUT2D eigenvalue weighted by atomic mass is 19.1. The first-order valence-corrected chi connectivity index (χ1v) is 3.39. The standard InChI is InChI=1S/C8H5FN2O/c9-7-1-2-11-8(3-7)6(5-12)4-10-11/h1-5H. The summed E-state index contributed by atoms with van der Waals surface area (Å²) in [5.41, 5.74) is 0.888. The third-order valence-corrected chi connectivity index (χ3v) is 1.64. The van der Waals surface area contributed by atoms with Gasteiger partial charge in [0.15, 0.2) is 6.29 Å². The van der Waals surface area contributed by atoms with Crippen LogP contribution in [0.4, 0.5) is 4.39 Å². The lowest BCUT2D eigenvalue weighted by Gasteiger charge is -1.91. The maximum atomic E-state index is 12.7. The second-order valence-corrected chi connectivity index (χ2v) is 2.39. The molecule has 0 saturated heterocycles. The van der Waals surface area contributed by atoms with Crippen molar-refractivity contribution >= 4 is 11.8 Å². The van der Waals surface area contributed by atoms with E-state index in [1.807, 2.05) is 0 Å². The molecule has 2 rings (SSSR count). The number of hydrogen-bond acceptors (Lipinski definition) is 2. The first kappa shape index (κ1) is 6.97. The Morgan fingerprint density at radius 1 is 1.58 bits per heavy atom. The lowest BCUT2D eigenvalue weighted by Crippen LogP contribution is -1.87. The summed E-state index contributed by atoms with van der Waals surface area (Å²) in [5, 5.41) is 3.85. The average molecular weight is 164 g/mol. The topological polar surface area (TPSA) is 34.4 Å². The van der Waals surface area contributed by atoms with Gasteiger partial charge in [-0.15, -0.1) is 0 Å². The number of carbonyl (C=O) groups excluding carboxylic acids is 1. The van der Waals surface area contributed by atoms with Gasteiger partial charge in [-0.05, 0) is 6.07 Å². The molecule has 0 amide bonds. The summed E-state index contributed by atoms with van der Waals surface area (Å²) >= 11 is 0. The van der Waals surface area contributed by atoms with Crippen LogP contribution in [0.25, 0.3) is 5.52 Å². The predicted molar refractivity (Wildman–Crippen MR) is 40.5 cm³/mol. The van der Waals surface area contributed by atoms with Crippen LogP contribution in [0.1, 0.15) is 10.4 Å². The molecule has 2 aromatic rings. The average Bonchev–Trinajstić information content (AvgIpc) is 2.46. The van der Waals surface area contributed by atoms with Crippen molar-refractivity contribution in [3.8, 4) is 0 Å². The largest absolute Gasteiger partial charge is 0.298 e. The Morgan fingerprint density at radius 2 is 2.42 bits per heavy atom. The van der Waals surface area contributed by atoms with Gasteiger partial charge in [-0.25, -0.2) is 8.91 Å². The molecule has 3 nitrogen and oxygen atoms in total. The third-order valence-electron chi connectivity index (χ3n) is 1.64. The molecular weight excluding hydrogens is 159 g/mol. The number of halogens is 1. The molecular formula is C8H5FN2O. The number of carbonyl (C=O) groups is 1. The Hall–Kier alpha value is -1.71. The summed E-state index contributed by atoms with van der Waals surface area (Å²) < 4.78 is 14.1. The van der Waals surface area contributed by atoms with Crippen molar-refractivity contribution in [3.63, 3.8) is 0 Å². The van der Waals surface area contributed by atoms with E-state index in [9.17, 15) is 9.18 Å². The summed E-state index contributed by atoms with van der Waals surface area (Å²) in [7, 11) is 0. The van der Waals surface area contributed by atoms with Crippen LogP contribution in [-0.2, 0) is 0 Å². The van der Waals surface area contributed by atoms with Crippen LogP contribution in [0.3, 0.4) is 0 Å². The summed E-state index contributed by atoms with van der Waals surface area (Å²) in [6.07, 6.45) is 3.53. The number of nitrogens with zero attached hydrogens (tertiary/aromatic N) is 2. The van der Waals surface area contributed by atoms with E-state index in [2.05, 4.69) is 5.10 Å². The Morgan fingerprint density at radius 3 is 3.17 bits per heavy atom. The van der Waals surface area contributed by atoms with E-state index in [1.54, 1.807) is 0 Å². The Kier molecular flexibility index (Phi) is 1.40. The van der Waals surface area contributed by atoms with Crippen LogP contribution >= 0.6 is 0 Å². The molecule has 0 fully saturated rings. The number of pyridine rings is 1. The number of aldehydes is 1. The molecule has 0 unspecified atom stereocenters. The van der Waals surface area contributed by atoms with E-state index in [0.29, 0.717) is 17.4 Å². The molecule has 0 saturated carbocycles. The Labute approximate surface area is 67.4 Å². The van der Waals surface area contributed by atoms with E-state index in [0.717, 1.165) is 0 Å². The normalized spacial score (nSPS) is 10.4. The fraction of sp³-hybridized carbons (Fsp3) is 0. The van der Waals surface area contributed by atoms with Crippen molar-refractivity contribution in [1.29, 1.82) is 0 Å². The fourth-order valence-electron chi connectivity index (χ4n) is 1.06. The second-order valence-electron chi connectivity index (χ2n) is 2.39. The van der Waals surface area contributed by atoms with Crippen molar-refractivity contribution in [2.75, 3.05) is 0 Å². The van der Waals surface area contributed by atoms with Gasteiger partial charge < -0.3 is 0 Å². The van der Waals surface area contributed by atoms with Crippen LogP contribution < -0.4 is 0 Å². The lowest BCUT2D eigenvalue weighted by molar-refractivity contribution is 0.112. The monoisotopic (exact) mass is 164 g/mol. The summed E-state index contributed by atoms with van der Waals surface area (Å²) in [5.74, 6) is -0.369. The van der Waals surface area contributed by atoms with Crippen molar-refractivity contribution in [2.45, 2.75) is 0 Å². The van der Waals surface area contributed by atoms with Gasteiger partial charge in [-0.3, -0.25) is 4.79 Å². The van der Waals surface area contributed by atoms with E-state index in [1.165, 1.54) is 29.0 Å². The lowest BCUT2D eigenvalue weighted by atomic mass is 10.3. The van der Waals surface area contributed by atoms with Gasteiger partial charge in [0.25, 0.3) is 0 Å². The predicted octanol–water partition coefficient (Wildman–Crippen LogP) is 1.29. The SMILES string of the molecule is O=Cc1cnn2ccc(F)cc12. The molecule has 2 aromatic heterocycles. The maximum Gasteiger partial charge on any atom is 0.153 e. The second kappa shape index (κ2) is 2.41. The van der Waals surface area contributed by atoms with E-state index < -0.39 is 0 Å². The molecule has 0 atom stereocenters. The Bertz CT molecular complexity index is 436. The highest BCUT2D eigenvalue weighted by molar-refractivity contribution is 5.85. The highest BCUT2D eigenvalue weighted by Crippen LogP contribution is 2.09. The van der Waals surface area contributed by atoms with Crippen LogP contribution in [-0.4, -0.2) is 15.9 Å². The molecule has 0 aliphatic carbocycles. The van der Waals surface area contributed by atoms with Crippen LogP contribution in [0, 0.1) is 5.82 Å². The molecule has 0 radical (unpaired) electrons. The minimum absolute atomic E-state index is 0.369. The molecule has 60 valence electrons. The molecule has 2 heterocycles. The fourth-order valence-corrected chi connectivity index (χ4v) is 1.06. The van der Waals surface area contributed by atoms with E-state index in [4.69, 9.17) is 0 Å². The van der Waals surface area contributed by atoms with Gasteiger partial charge in [-0.1, -0.05) is 0 Å². The number of fused-ring (bicyclic) bond motifs is 1. The van der Waals surface area contributed by atoms with Crippen molar-refractivity contribution in [1.82, 2.24) is 9.61 Å². The van der Waals surface area contributed by atoms with E-state index >= 15 is 0 Å². The first-order valence-electron chi connectivity index (χ1n) is 3.39. The highest BCUT2D eigenvalue weighted by Gasteiger charge is 2.02. The minimum atomic E-state index is -0.369. The van der Waals surface area contributed by atoms with E-state index in [-0.39, 0.29) is 5.82 Å². The zero-order chi connectivity index (χ0) is 8.55. The van der Waals surface area contributed by atoms with Crippen molar-refractivity contribution in [3.05, 3.63) is 35.9 Å². The number of hydrogen-bond donors (Lipinski definition) is 0. The molecule has 0 aliphatic heterocycles. The van der Waals surface area contributed by atoms with Crippen LogP contribution in [0.15, 0.2) is 24.5 Å². The molecule has 0 aromatic carbocycles. The van der Waals surface area contributed by atoms with Gasteiger partial charge in [0.1, 0.15) is 5.82 Å². The molecule has 0 bridgehead atoms. The van der Waals surface area contributed by atoms with Crippen LogP contribution in [0.5, 0.6) is 0 Å². The van der Waals surface area contributed by atoms with Gasteiger partial charge >= 0.3 is 0 Å². The van der Waals surface area contributed by atoms with Gasteiger partial charge in [0.05, 0.1) is 17.3 Å². The van der Waals surface area contributed by atoms with Crippen molar-refractivity contribution < 1.29 is 9.18 Å². The quantitative estimate of drug-likeness (QED) is 0.595. The Balaban J connectivity index is 2.83. The summed E-state index contributed by atoms with van der Waals surface area (Å²) in [6, 6.07) is 2.56. The molecule has 0 aliphatic rings. The smallest absolute Gasteiger partial charge is 0.153 e. The van der Waals surface area contributed by atoms with Gasteiger partial charge in [-0.2, -0.15) is 5.10 Å². The zero-order valence-corrected chi connectivity index (χ0v) is 6.07. The molecule has 4 heteroatoms. The molecule has 0 spiro atoms. The van der Waals surface area contributed by atoms with Gasteiger partial charge in [0, 0.05) is 12.3 Å². The van der Waals surface area contributed by atoms with Gasteiger partial charge in [0.2, 0.25) is 0 Å². The zero-order valence-electron chi connectivity index (χ0n) is 6.07. The number of aromatic nitrogens is 2. The molecule has 0 N–H and O–H groups in total. The summed E-state index contributed by atoms with van der Waals surface area (Å²) in [6.45, 7) is 0. The maximum absolute atomic E-state index is 12.7.